The summed E-state index contributed by atoms with van der Waals surface area (Å²) in [5.74, 6) is 0. The summed E-state index contributed by atoms with van der Waals surface area (Å²) in [5, 5.41) is 5.43. The lowest BCUT2D eigenvalue weighted by molar-refractivity contribution is 0.600. The summed E-state index contributed by atoms with van der Waals surface area (Å²) in [4.78, 5) is 0. The van der Waals surface area contributed by atoms with Crippen molar-refractivity contribution in [3.05, 3.63) is 50.2 Å². The van der Waals surface area contributed by atoms with Gasteiger partial charge in [-0.25, -0.2) is 0 Å². The molecule has 0 bridgehead atoms. The predicted octanol–water partition coefficient (Wildman–Crippen LogP) is 4.02. The van der Waals surface area contributed by atoms with Crippen LogP contribution in [0.2, 0.25) is 10.0 Å². The molecule has 0 amide bonds. The van der Waals surface area contributed by atoms with Crippen molar-refractivity contribution >= 4 is 39.1 Å². The van der Waals surface area contributed by atoms with Crippen LogP contribution >= 0.6 is 39.1 Å². The summed E-state index contributed by atoms with van der Waals surface area (Å²) in [7, 11) is 0. The Morgan fingerprint density at radius 2 is 2.17 bits per heavy atom. The Balaban J connectivity index is 2.47. The lowest BCUT2D eigenvalue weighted by atomic mass is 10.0. The van der Waals surface area contributed by atoms with Gasteiger partial charge in [0.05, 0.1) is 23.0 Å². The van der Waals surface area contributed by atoms with Crippen LogP contribution in [0.25, 0.3) is 0 Å². The molecule has 1 aromatic carbocycles. The molecule has 0 saturated carbocycles. The molecule has 2 rings (SSSR count). The number of hydrogen-bond acceptors (Lipinski definition) is 2. The van der Waals surface area contributed by atoms with Gasteiger partial charge < -0.3 is 5.73 Å². The number of aromatic nitrogens is 2. The molecule has 0 spiro atoms. The highest BCUT2D eigenvalue weighted by Gasteiger charge is 2.20. The molecule has 3 nitrogen and oxygen atoms in total. The van der Waals surface area contributed by atoms with Crippen LogP contribution in [-0.4, -0.2) is 9.78 Å². The number of halogens is 3. The Labute approximate surface area is 124 Å². The summed E-state index contributed by atoms with van der Waals surface area (Å²) < 4.78 is 2.66. The normalized spacial score (nSPS) is 12.7. The van der Waals surface area contributed by atoms with Gasteiger partial charge in [-0.15, -0.1) is 0 Å². The lowest BCUT2D eigenvalue weighted by Crippen LogP contribution is -2.18. The van der Waals surface area contributed by atoms with Gasteiger partial charge in [0, 0.05) is 16.0 Å². The van der Waals surface area contributed by atoms with E-state index >= 15 is 0 Å². The van der Waals surface area contributed by atoms with E-state index < -0.39 is 0 Å². The largest absolute Gasteiger partial charge is 0.319 e. The van der Waals surface area contributed by atoms with E-state index in [0.29, 0.717) is 10.0 Å². The molecule has 1 heterocycles. The van der Waals surface area contributed by atoms with Crippen LogP contribution in [0.3, 0.4) is 0 Å². The molecule has 0 aliphatic heterocycles. The van der Waals surface area contributed by atoms with Crippen LogP contribution in [-0.2, 0) is 6.54 Å². The van der Waals surface area contributed by atoms with Crippen LogP contribution in [0.15, 0.2) is 28.9 Å². The van der Waals surface area contributed by atoms with Crippen LogP contribution in [0.1, 0.15) is 24.2 Å². The van der Waals surface area contributed by atoms with E-state index in [1.54, 1.807) is 10.9 Å². The SMILES string of the molecule is CCn1ncc(Cl)c1C(N)c1ccc(Cl)cc1Br. The summed E-state index contributed by atoms with van der Waals surface area (Å²) >= 11 is 15.5. The summed E-state index contributed by atoms with van der Waals surface area (Å²) in [6, 6.07) is 5.17. The van der Waals surface area contributed by atoms with E-state index in [0.717, 1.165) is 22.3 Å². The highest BCUT2D eigenvalue weighted by Crippen LogP contribution is 2.32. The Morgan fingerprint density at radius 3 is 2.78 bits per heavy atom. The van der Waals surface area contributed by atoms with Gasteiger partial charge in [-0.3, -0.25) is 4.68 Å². The van der Waals surface area contributed by atoms with Crippen molar-refractivity contribution in [2.75, 3.05) is 0 Å². The molecule has 0 aliphatic rings. The zero-order valence-electron chi connectivity index (χ0n) is 9.70. The summed E-state index contributed by atoms with van der Waals surface area (Å²) in [5.41, 5.74) is 8.01. The number of benzene rings is 1. The highest BCUT2D eigenvalue weighted by molar-refractivity contribution is 9.10. The van der Waals surface area contributed by atoms with E-state index in [9.17, 15) is 0 Å². The third kappa shape index (κ3) is 2.57. The first-order valence-electron chi connectivity index (χ1n) is 5.46. The predicted molar refractivity (Wildman–Crippen MR) is 78.1 cm³/mol. The minimum absolute atomic E-state index is 0.341. The maximum Gasteiger partial charge on any atom is 0.0837 e. The summed E-state index contributed by atoms with van der Waals surface area (Å²) in [6.07, 6.45) is 1.62. The van der Waals surface area contributed by atoms with Crippen molar-refractivity contribution in [1.82, 2.24) is 9.78 Å². The van der Waals surface area contributed by atoms with E-state index in [1.165, 1.54) is 0 Å². The minimum Gasteiger partial charge on any atom is -0.319 e. The van der Waals surface area contributed by atoms with E-state index in [-0.39, 0.29) is 6.04 Å². The Hall–Kier alpha value is -0.550. The Bertz CT molecular complexity index is 568. The topological polar surface area (TPSA) is 43.8 Å². The number of rotatable bonds is 3. The van der Waals surface area contributed by atoms with Gasteiger partial charge in [-0.2, -0.15) is 5.10 Å². The molecule has 1 aromatic heterocycles. The van der Waals surface area contributed by atoms with Crippen LogP contribution < -0.4 is 5.73 Å². The van der Waals surface area contributed by atoms with Crippen LogP contribution in [0.5, 0.6) is 0 Å². The molecule has 2 aromatic rings. The molecule has 1 atom stereocenters. The Morgan fingerprint density at radius 1 is 1.44 bits per heavy atom. The second-order valence-electron chi connectivity index (χ2n) is 3.84. The average molecular weight is 349 g/mol. The second-order valence-corrected chi connectivity index (χ2v) is 5.53. The lowest BCUT2D eigenvalue weighted by Gasteiger charge is -2.16. The average Bonchev–Trinajstić information content (AvgIpc) is 2.69. The second kappa shape index (κ2) is 5.61. The van der Waals surface area contributed by atoms with E-state index in [2.05, 4.69) is 21.0 Å². The molecule has 2 N–H and O–H groups in total. The van der Waals surface area contributed by atoms with Gasteiger partial charge in [0.15, 0.2) is 0 Å². The quantitative estimate of drug-likeness (QED) is 0.910. The van der Waals surface area contributed by atoms with E-state index in [4.69, 9.17) is 28.9 Å². The zero-order valence-corrected chi connectivity index (χ0v) is 12.8. The molecule has 18 heavy (non-hydrogen) atoms. The molecule has 96 valence electrons. The van der Waals surface area contributed by atoms with Crippen molar-refractivity contribution in [3.63, 3.8) is 0 Å². The van der Waals surface area contributed by atoms with Gasteiger partial charge in [-0.05, 0) is 24.6 Å². The fourth-order valence-corrected chi connectivity index (χ4v) is 3.02. The molecule has 0 fully saturated rings. The molecular weight excluding hydrogens is 337 g/mol. The van der Waals surface area contributed by atoms with Gasteiger partial charge in [0.25, 0.3) is 0 Å². The smallest absolute Gasteiger partial charge is 0.0837 e. The van der Waals surface area contributed by atoms with Gasteiger partial charge >= 0.3 is 0 Å². The van der Waals surface area contributed by atoms with Crippen molar-refractivity contribution in [3.8, 4) is 0 Å². The van der Waals surface area contributed by atoms with Crippen molar-refractivity contribution in [1.29, 1.82) is 0 Å². The standard InChI is InChI=1S/C12H12BrCl2N3/c1-2-18-12(10(15)6-17-18)11(16)8-4-3-7(14)5-9(8)13/h3-6,11H,2,16H2,1H3. The maximum atomic E-state index is 6.27. The third-order valence-electron chi connectivity index (χ3n) is 2.72. The van der Waals surface area contributed by atoms with Gasteiger partial charge in [0.2, 0.25) is 0 Å². The first-order chi connectivity index (χ1) is 8.54. The highest BCUT2D eigenvalue weighted by atomic mass is 79.9. The van der Waals surface area contributed by atoms with Crippen molar-refractivity contribution < 1.29 is 0 Å². The zero-order chi connectivity index (χ0) is 13.3. The number of nitrogens with two attached hydrogens (primary N) is 1. The molecular formula is C12H12BrCl2N3. The first-order valence-corrected chi connectivity index (χ1v) is 7.01. The number of nitrogens with zero attached hydrogens (tertiary/aromatic N) is 2. The van der Waals surface area contributed by atoms with Gasteiger partial charge in [-0.1, -0.05) is 45.2 Å². The maximum absolute atomic E-state index is 6.27. The third-order valence-corrected chi connectivity index (χ3v) is 3.94. The molecule has 0 radical (unpaired) electrons. The van der Waals surface area contributed by atoms with Crippen LogP contribution in [0.4, 0.5) is 0 Å². The molecule has 0 aliphatic carbocycles. The molecule has 1 unspecified atom stereocenters. The molecule has 6 heteroatoms. The van der Waals surface area contributed by atoms with Gasteiger partial charge in [0.1, 0.15) is 0 Å². The fraction of sp³-hybridized carbons (Fsp3) is 0.250. The Kier molecular flexibility index (Phi) is 4.33. The van der Waals surface area contributed by atoms with Crippen molar-refractivity contribution in [2.45, 2.75) is 19.5 Å². The number of hydrogen-bond donors (Lipinski definition) is 1. The van der Waals surface area contributed by atoms with E-state index in [1.807, 2.05) is 25.1 Å². The van der Waals surface area contributed by atoms with Crippen molar-refractivity contribution in [2.24, 2.45) is 5.73 Å². The first kappa shape index (κ1) is 13.9. The minimum atomic E-state index is -0.341. The number of aryl methyl sites for hydroxylation is 1. The monoisotopic (exact) mass is 347 g/mol. The van der Waals surface area contributed by atoms with Crippen LogP contribution in [0, 0.1) is 0 Å². The molecule has 0 saturated heterocycles. The summed E-state index contributed by atoms with van der Waals surface area (Å²) in [6.45, 7) is 2.72. The fourth-order valence-electron chi connectivity index (χ4n) is 1.83.